The minimum atomic E-state index is 0. The maximum atomic E-state index is 5.36. The molecule has 0 saturated carbocycles. The number of rotatable bonds is 4. The van der Waals surface area contributed by atoms with E-state index in [0.717, 1.165) is 37.8 Å². The Morgan fingerprint density at radius 2 is 2.04 bits per heavy atom. The van der Waals surface area contributed by atoms with Crippen molar-refractivity contribution in [1.82, 2.24) is 10.2 Å². The maximum absolute atomic E-state index is 5.36. The molecule has 0 radical (unpaired) electrons. The third-order valence-corrected chi connectivity index (χ3v) is 3.95. The molecule has 0 spiro atoms. The first kappa shape index (κ1) is 18.6. The summed E-state index contributed by atoms with van der Waals surface area (Å²) in [5.41, 5.74) is 2.74. The van der Waals surface area contributed by atoms with Crippen LogP contribution in [0.3, 0.4) is 0 Å². The van der Waals surface area contributed by atoms with Gasteiger partial charge in [0.15, 0.2) is 5.96 Å². The number of guanidine groups is 1. The Balaban J connectivity index is 0.00000208. The number of nitrogens with zero attached hydrogens (tertiary/aromatic N) is 2. The number of aliphatic imine (C=N–C) groups is 1. The smallest absolute Gasteiger partial charge is 0.194 e. The van der Waals surface area contributed by atoms with Crippen LogP contribution in [0.1, 0.15) is 24.7 Å². The van der Waals surface area contributed by atoms with Crippen LogP contribution in [0.5, 0.6) is 0 Å². The molecule has 1 N–H and O–H groups in total. The van der Waals surface area contributed by atoms with Gasteiger partial charge in [-0.15, -0.1) is 24.0 Å². The lowest BCUT2D eigenvalue weighted by atomic mass is 10.00. The van der Waals surface area contributed by atoms with Crippen molar-refractivity contribution >= 4 is 35.5 Å². The van der Waals surface area contributed by atoms with Crippen LogP contribution in [0.25, 0.3) is 5.57 Å². The zero-order valence-electron chi connectivity index (χ0n) is 13.9. The molecule has 2 aromatic rings. The second-order valence-corrected chi connectivity index (χ2v) is 5.54. The summed E-state index contributed by atoms with van der Waals surface area (Å²) in [6.45, 7) is 5.39. The maximum Gasteiger partial charge on any atom is 0.194 e. The highest BCUT2D eigenvalue weighted by Gasteiger charge is 2.16. The number of furan rings is 1. The van der Waals surface area contributed by atoms with E-state index in [9.17, 15) is 0 Å². The van der Waals surface area contributed by atoms with Gasteiger partial charge in [0.1, 0.15) is 12.3 Å². The highest BCUT2D eigenvalue weighted by atomic mass is 127. The van der Waals surface area contributed by atoms with Gasteiger partial charge in [-0.2, -0.15) is 0 Å². The van der Waals surface area contributed by atoms with Crippen LogP contribution in [-0.4, -0.2) is 30.5 Å². The van der Waals surface area contributed by atoms with Gasteiger partial charge >= 0.3 is 0 Å². The molecule has 0 amide bonds. The van der Waals surface area contributed by atoms with Gasteiger partial charge in [0.25, 0.3) is 0 Å². The molecule has 0 atom stereocenters. The minimum absolute atomic E-state index is 0. The van der Waals surface area contributed by atoms with Crippen molar-refractivity contribution in [3.05, 3.63) is 66.1 Å². The minimum Gasteiger partial charge on any atom is -0.467 e. The van der Waals surface area contributed by atoms with E-state index in [-0.39, 0.29) is 24.0 Å². The Bertz CT molecular complexity index is 665. The van der Waals surface area contributed by atoms with Crippen LogP contribution in [0.2, 0.25) is 0 Å². The van der Waals surface area contributed by atoms with Crippen molar-refractivity contribution in [2.45, 2.75) is 19.9 Å². The molecule has 3 rings (SSSR count). The standard InChI is InChI=1S/C19H23N3O.HI/c1-2-20-19(21-15-18-9-6-14-23-18)22-12-10-17(11-13-22)16-7-4-3-5-8-16;/h3-10,14H,2,11-13,15H2,1H3,(H,20,21);1H. The number of hydrogen-bond donors (Lipinski definition) is 1. The first-order chi connectivity index (χ1) is 11.4. The van der Waals surface area contributed by atoms with E-state index in [1.165, 1.54) is 11.1 Å². The van der Waals surface area contributed by atoms with Crippen molar-refractivity contribution in [2.24, 2.45) is 4.99 Å². The monoisotopic (exact) mass is 437 g/mol. The fourth-order valence-corrected chi connectivity index (χ4v) is 2.76. The summed E-state index contributed by atoms with van der Waals surface area (Å²) in [7, 11) is 0. The summed E-state index contributed by atoms with van der Waals surface area (Å²) in [6.07, 6.45) is 5.03. The van der Waals surface area contributed by atoms with Gasteiger partial charge in [0.05, 0.1) is 6.26 Å². The summed E-state index contributed by atoms with van der Waals surface area (Å²) in [5.74, 6) is 1.84. The average Bonchev–Trinajstić information content (AvgIpc) is 3.13. The van der Waals surface area contributed by atoms with Crippen molar-refractivity contribution in [2.75, 3.05) is 19.6 Å². The second kappa shape index (κ2) is 9.52. The van der Waals surface area contributed by atoms with Crippen LogP contribution in [0.15, 0.2) is 64.2 Å². The Labute approximate surface area is 160 Å². The molecule has 0 fully saturated rings. The van der Waals surface area contributed by atoms with E-state index in [2.05, 4.69) is 58.5 Å². The highest BCUT2D eigenvalue weighted by Crippen LogP contribution is 2.22. The van der Waals surface area contributed by atoms with Crippen molar-refractivity contribution in [1.29, 1.82) is 0 Å². The summed E-state index contributed by atoms with van der Waals surface area (Å²) < 4.78 is 5.36. The lowest BCUT2D eigenvalue weighted by Crippen LogP contribution is -2.43. The van der Waals surface area contributed by atoms with Crippen LogP contribution >= 0.6 is 24.0 Å². The van der Waals surface area contributed by atoms with E-state index >= 15 is 0 Å². The lowest BCUT2D eigenvalue weighted by Gasteiger charge is -2.29. The van der Waals surface area contributed by atoms with Gasteiger partial charge < -0.3 is 14.6 Å². The number of hydrogen-bond acceptors (Lipinski definition) is 2. The Morgan fingerprint density at radius 3 is 2.67 bits per heavy atom. The van der Waals surface area contributed by atoms with Crippen LogP contribution < -0.4 is 5.32 Å². The predicted octanol–water partition coefficient (Wildman–Crippen LogP) is 4.15. The summed E-state index contributed by atoms with van der Waals surface area (Å²) >= 11 is 0. The summed E-state index contributed by atoms with van der Waals surface area (Å²) in [5, 5.41) is 3.37. The van der Waals surface area contributed by atoms with E-state index in [4.69, 9.17) is 4.42 Å². The van der Waals surface area contributed by atoms with Crippen molar-refractivity contribution < 1.29 is 4.42 Å². The fourth-order valence-electron chi connectivity index (χ4n) is 2.76. The zero-order chi connectivity index (χ0) is 15.9. The Kier molecular flexibility index (Phi) is 7.36. The Morgan fingerprint density at radius 1 is 1.21 bits per heavy atom. The molecule has 2 heterocycles. The summed E-state index contributed by atoms with van der Waals surface area (Å²) in [4.78, 5) is 6.98. The largest absolute Gasteiger partial charge is 0.467 e. The molecule has 4 nitrogen and oxygen atoms in total. The quantitative estimate of drug-likeness (QED) is 0.444. The van der Waals surface area contributed by atoms with Gasteiger partial charge in [-0.3, -0.25) is 0 Å². The third-order valence-electron chi connectivity index (χ3n) is 3.95. The molecule has 1 aliphatic rings. The Hall–Kier alpha value is -1.76. The first-order valence-corrected chi connectivity index (χ1v) is 8.17. The van der Waals surface area contributed by atoms with Crippen LogP contribution in [0.4, 0.5) is 0 Å². The molecule has 1 aliphatic heterocycles. The number of nitrogens with one attached hydrogen (secondary N) is 1. The van der Waals surface area contributed by atoms with Crippen molar-refractivity contribution in [3.63, 3.8) is 0 Å². The summed E-state index contributed by atoms with van der Waals surface area (Å²) in [6, 6.07) is 14.5. The van der Waals surface area contributed by atoms with Gasteiger partial charge in [0, 0.05) is 19.6 Å². The predicted molar refractivity (Wildman–Crippen MR) is 110 cm³/mol. The molecule has 0 saturated heterocycles. The number of benzene rings is 1. The van der Waals surface area contributed by atoms with Gasteiger partial charge in [-0.25, -0.2) is 4.99 Å². The SMILES string of the molecule is CCNC(=NCc1ccco1)N1CC=C(c2ccccc2)CC1.I. The van der Waals surface area contributed by atoms with Gasteiger partial charge in [0.2, 0.25) is 0 Å². The highest BCUT2D eigenvalue weighted by molar-refractivity contribution is 14.0. The lowest BCUT2D eigenvalue weighted by molar-refractivity contribution is 0.437. The average molecular weight is 437 g/mol. The topological polar surface area (TPSA) is 40.8 Å². The van der Waals surface area contributed by atoms with Crippen LogP contribution in [0, 0.1) is 0 Å². The molecule has 128 valence electrons. The molecular formula is C19H24IN3O. The van der Waals surface area contributed by atoms with Crippen LogP contribution in [-0.2, 0) is 6.54 Å². The van der Waals surface area contributed by atoms with E-state index in [0.29, 0.717) is 6.54 Å². The molecule has 0 unspecified atom stereocenters. The molecule has 1 aromatic heterocycles. The second-order valence-electron chi connectivity index (χ2n) is 5.54. The first-order valence-electron chi connectivity index (χ1n) is 8.17. The van der Waals surface area contributed by atoms with Gasteiger partial charge in [-0.1, -0.05) is 36.4 Å². The zero-order valence-corrected chi connectivity index (χ0v) is 16.3. The molecule has 24 heavy (non-hydrogen) atoms. The van der Waals surface area contributed by atoms with E-state index in [1.54, 1.807) is 6.26 Å². The molecular weight excluding hydrogens is 413 g/mol. The fraction of sp³-hybridized carbons (Fsp3) is 0.316. The van der Waals surface area contributed by atoms with Crippen molar-refractivity contribution in [3.8, 4) is 0 Å². The molecule has 5 heteroatoms. The normalized spacial score (nSPS) is 14.8. The molecule has 1 aromatic carbocycles. The van der Waals surface area contributed by atoms with E-state index < -0.39 is 0 Å². The van der Waals surface area contributed by atoms with Gasteiger partial charge in [-0.05, 0) is 36.6 Å². The van der Waals surface area contributed by atoms with E-state index in [1.807, 2.05) is 12.1 Å². The number of halogens is 1. The third kappa shape index (κ3) is 4.87. The molecule has 0 bridgehead atoms. The molecule has 0 aliphatic carbocycles.